The fraction of sp³-hybridized carbons (Fsp3) is 0.286. The van der Waals surface area contributed by atoms with E-state index < -0.39 is 0 Å². The lowest BCUT2D eigenvalue weighted by atomic mass is 10.1. The standard InChI is InChI=1S/C21H23N3O4S/c1-2-28-18-6-4-3-5-17(18)19(25)23-21(29)22-16-9-7-15(8-10-16)20(26)24-11-13-27-14-12-24/h3-10H,2,11-14H2,1H3,(H2,22,23,25,29). The molecule has 3 rings (SSSR count). The second-order valence-electron chi connectivity index (χ2n) is 6.32. The number of nitrogens with one attached hydrogen (secondary N) is 2. The van der Waals surface area contributed by atoms with Gasteiger partial charge in [0.15, 0.2) is 5.11 Å². The fourth-order valence-corrected chi connectivity index (χ4v) is 3.12. The van der Waals surface area contributed by atoms with Crippen LogP contribution >= 0.6 is 12.2 Å². The van der Waals surface area contributed by atoms with Crippen molar-refractivity contribution in [3.8, 4) is 5.75 Å². The fourth-order valence-electron chi connectivity index (χ4n) is 2.91. The molecular weight excluding hydrogens is 390 g/mol. The Hall–Kier alpha value is -2.97. The van der Waals surface area contributed by atoms with Crippen LogP contribution in [0.4, 0.5) is 5.69 Å². The largest absolute Gasteiger partial charge is 0.493 e. The lowest BCUT2D eigenvalue weighted by Crippen LogP contribution is -2.40. The van der Waals surface area contributed by atoms with Crippen molar-refractivity contribution in [2.45, 2.75) is 6.92 Å². The summed E-state index contributed by atoms with van der Waals surface area (Å²) >= 11 is 5.23. The average molecular weight is 413 g/mol. The number of hydrogen-bond acceptors (Lipinski definition) is 5. The van der Waals surface area contributed by atoms with Crippen molar-refractivity contribution in [1.82, 2.24) is 10.2 Å². The first-order chi connectivity index (χ1) is 14.1. The summed E-state index contributed by atoms with van der Waals surface area (Å²) in [5.41, 5.74) is 1.68. The number of para-hydroxylation sites is 1. The van der Waals surface area contributed by atoms with Gasteiger partial charge in [0.2, 0.25) is 0 Å². The number of anilines is 1. The zero-order chi connectivity index (χ0) is 20.6. The molecule has 0 radical (unpaired) electrons. The Labute approximate surface area is 175 Å². The molecule has 2 aromatic rings. The summed E-state index contributed by atoms with van der Waals surface area (Å²) < 4.78 is 10.7. The number of ether oxygens (including phenoxy) is 2. The van der Waals surface area contributed by atoms with E-state index in [4.69, 9.17) is 21.7 Å². The van der Waals surface area contributed by atoms with Crippen LogP contribution in [-0.2, 0) is 4.74 Å². The van der Waals surface area contributed by atoms with Crippen LogP contribution in [0.3, 0.4) is 0 Å². The van der Waals surface area contributed by atoms with Gasteiger partial charge in [0.25, 0.3) is 11.8 Å². The predicted octanol–water partition coefficient (Wildman–Crippen LogP) is 2.68. The number of amides is 2. The number of hydrogen-bond donors (Lipinski definition) is 2. The smallest absolute Gasteiger partial charge is 0.261 e. The highest BCUT2D eigenvalue weighted by Gasteiger charge is 2.18. The number of nitrogens with zero attached hydrogens (tertiary/aromatic N) is 1. The van der Waals surface area contributed by atoms with Gasteiger partial charge < -0.3 is 19.7 Å². The molecule has 8 heteroatoms. The molecular formula is C21H23N3O4S. The maximum atomic E-state index is 12.5. The molecule has 7 nitrogen and oxygen atoms in total. The van der Waals surface area contributed by atoms with E-state index in [-0.39, 0.29) is 16.9 Å². The van der Waals surface area contributed by atoms with Gasteiger partial charge >= 0.3 is 0 Å². The average Bonchev–Trinajstić information content (AvgIpc) is 2.75. The van der Waals surface area contributed by atoms with Crippen molar-refractivity contribution in [2.75, 3.05) is 38.2 Å². The van der Waals surface area contributed by atoms with E-state index >= 15 is 0 Å². The molecule has 1 aliphatic rings. The molecule has 1 fully saturated rings. The molecule has 1 saturated heterocycles. The first-order valence-corrected chi connectivity index (χ1v) is 9.80. The molecule has 2 aromatic carbocycles. The summed E-state index contributed by atoms with van der Waals surface area (Å²) in [5.74, 6) is 0.121. The van der Waals surface area contributed by atoms with Crippen molar-refractivity contribution in [1.29, 1.82) is 0 Å². The molecule has 0 aliphatic carbocycles. The third-order valence-electron chi connectivity index (χ3n) is 4.35. The molecule has 2 amide bonds. The summed E-state index contributed by atoms with van der Waals surface area (Å²) in [7, 11) is 0. The first-order valence-electron chi connectivity index (χ1n) is 9.39. The number of thiocarbonyl (C=S) groups is 1. The minimum atomic E-state index is -0.356. The van der Waals surface area contributed by atoms with E-state index in [0.29, 0.717) is 55.5 Å². The molecule has 0 spiro atoms. The highest BCUT2D eigenvalue weighted by atomic mass is 32.1. The highest BCUT2D eigenvalue weighted by Crippen LogP contribution is 2.18. The summed E-state index contributed by atoms with van der Waals surface area (Å²) in [4.78, 5) is 26.7. The quantitative estimate of drug-likeness (QED) is 0.734. The van der Waals surface area contributed by atoms with E-state index in [1.165, 1.54) is 0 Å². The van der Waals surface area contributed by atoms with Gasteiger partial charge in [-0.05, 0) is 55.5 Å². The number of carbonyl (C=O) groups excluding carboxylic acids is 2. The molecule has 0 saturated carbocycles. The summed E-state index contributed by atoms with van der Waals surface area (Å²) in [5, 5.41) is 5.76. The van der Waals surface area contributed by atoms with Crippen LogP contribution in [0.2, 0.25) is 0 Å². The summed E-state index contributed by atoms with van der Waals surface area (Å²) in [6.07, 6.45) is 0. The van der Waals surface area contributed by atoms with E-state index in [9.17, 15) is 9.59 Å². The van der Waals surface area contributed by atoms with Crippen molar-refractivity contribution < 1.29 is 19.1 Å². The lowest BCUT2D eigenvalue weighted by Gasteiger charge is -2.26. The van der Waals surface area contributed by atoms with Crippen molar-refractivity contribution in [3.05, 3.63) is 59.7 Å². The van der Waals surface area contributed by atoms with Gasteiger partial charge in [-0.2, -0.15) is 0 Å². The van der Waals surface area contributed by atoms with Crippen LogP contribution in [-0.4, -0.2) is 54.7 Å². The number of carbonyl (C=O) groups is 2. The number of benzene rings is 2. The Morgan fingerprint density at radius 3 is 2.48 bits per heavy atom. The van der Waals surface area contributed by atoms with E-state index in [1.54, 1.807) is 53.4 Å². The predicted molar refractivity (Wildman–Crippen MR) is 114 cm³/mol. The first kappa shape index (κ1) is 20.8. The highest BCUT2D eigenvalue weighted by molar-refractivity contribution is 7.80. The third kappa shape index (κ3) is 5.52. The van der Waals surface area contributed by atoms with Crippen LogP contribution in [0, 0.1) is 0 Å². The Morgan fingerprint density at radius 2 is 1.79 bits per heavy atom. The monoisotopic (exact) mass is 413 g/mol. The van der Waals surface area contributed by atoms with Gasteiger partial charge in [-0.1, -0.05) is 12.1 Å². The summed E-state index contributed by atoms with van der Waals surface area (Å²) in [6.45, 7) is 4.63. The van der Waals surface area contributed by atoms with Crippen LogP contribution in [0.1, 0.15) is 27.6 Å². The van der Waals surface area contributed by atoms with E-state index in [0.717, 1.165) is 0 Å². The second-order valence-corrected chi connectivity index (χ2v) is 6.73. The normalized spacial score (nSPS) is 13.5. The third-order valence-corrected chi connectivity index (χ3v) is 4.55. The topological polar surface area (TPSA) is 79.9 Å². The molecule has 0 aromatic heterocycles. The zero-order valence-corrected chi connectivity index (χ0v) is 17.0. The molecule has 0 unspecified atom stereocenters. The second kappa shape index (κ2) is 9.99. The van der Waals surface area contributed by atoms with Crippen molar-refractivity contribution >= 4 is 34.8 Å². The van der Waals surface area contributed by atoms with Gasteiger partial charge in [0.1, 0.15) is 5.75 Å². The molecule has 0 atom stereocenters. The van der Waals surface area contributed by atoms with E-state index in [2.05, 4.69) is 10.6 Å². The maximum Gasteiger partial charge on any atom is 0.261 e. The SMILES string of the molecule is CCOc1ccccc1C(=O)NC(=S)Nc1ccc(C(=O)N2CCOCC2)cc1. The maximum absolute atomic E-state index is 12.5. The van der Waals surface area contributed by atoms with Gasteiger partial charge in [-0.3, -0.25) is 14.9 Å². The van der Waals surface area contributed by atoms with Crippen LogP contribution in [0.15, 0.2) is 48.5 Å². The minimum absolute atomic E-state index is 0.0248. The van der Waals surface area contributed by atoms with Crippen LogP contribution < -0.4 is 15.4 Å². The van der Waals surface area contributed by atoms with Crippen molar-refractivity contribution in [3.63, 3.8) is 0 Å². The number of morpholine rings is 1. The van der Waals surface area contributed by atoms with Crippen LogP contribution in [0.25, 0.3) is 0 Å². The van der Waals surface area contributed by atoms with Gasteiger partial charge in [0, 0.05) is 24.3 Å². The molecule has 0 bridgehead atoms. The molecule has 2 N–H and O–H groups in total. The van der Waals surface area contributed by atoms with Gasteiger partial charge in [0.05, 0.1) is 25.4 Å². The molecule has 1 aliphatic heterocycles. The number of rotatable bonds is 5. The van der Waals surface area contributed by atoms with Crippen molar-refractivity contribution in [2.24, 2.45) is 0 Å². The Balaban J connectivity index is 1.58. The Morgan fingerprint density at radius 1 is 1.10 bits per heavy atom. The zero-order valence-electron chi connectivity index (χ0n) is 16.1. The van der Waals surface area contributed by atoms with Gasteiger partial charge in [-0.25, -0.2) is 0 Å². The molecule has 1 heterocycles. The van der Waals surface area contributed by atoms with E-state index in [1.807, 2.05) is 6.92 Å². The van der Waals surface area contributed by atoms with Crippen LogP contribution in [0.5, 0.6) is 5.75 Å². The minimum Gasteiger partial charge on any atom is -0.493 e. The lowest BCUT2D eigenvalue weighted by molar-refractivity contribution is 0.0303. The molecule has 152 valence electrons. The summed E-state index contributed by atoms with van der Waals surface area (Å²) in [6, 6.07) is 13.9. The molecule has 29 heavy (non-hydrogen) atoms. The Kier molecular flexibility index (Phi) is 7.15. The Bertz CT molecular complexity index is 880. The van der Waals surface area contributed by atoms with Gasteiger partial charge in [-0.15, -0.1) is 0 Å².